The number of aromatic nitrogens is 3. The van der Waals surface area contributed by atoms with E-state index in [4.69, 9.17) is 31.0 Å². The summed E-state index contributed by atoms with van der Waals surface area (Å²) in [5.74, 6) is 1.77. The highest BCUT2D eigenvalue weighted by molar-refractivity contribution is 6.30. The van der Waals surface area contributed by atoms with Crippen LogP contribution in [0.25, 0.3) is 67.2 Å². The largest absolute Gasteiger partial charge is 0.455 e. The Morgan fingerprint density at radius 3 is 1.95 bits per heavy atom. The first-order valence-corrected chi connectivity index (χ1v) is 12.7. The maximum absolute atomic E-state index is 6.30. The molecule has 0 fully saturated rings. The average molecular weight is 510 g/mol. The molecule has 0 bridgehead atoms. The lowest BCUT2D eigenvalue weighted by Gasteiger charge is -2.10. The van der Waals surface area contributed by atoms with Gasteiger partial charge < -0.3 is 4.42 Å². The normalized spacial score (nSPS) is 11.3. The smallest absolute Gasteiger partial charge is 0.167 e. The molecule has 0 spiro atoms. The van der Waals surface area contributed by atoms with E-state index in [1.807, 2.05) is 97.1 Å². The minimum Gasteiger partial charge on any atom is -0.455 e. The third-order valence-corrected chi connectivity index (χ3v) is 6.86. The van der Waals surface area contributed by atoms with E-state index in [0.717, 1.165) is 49.8 Å². The van der Waals surface area contributed by atoms with Crippen LogP contribution in [-0.4, -0.2) is 15.0 Å². The predicted octanol–water partition coefficient (Wildman–Crippen LogP) is 9.09. The Bertz CT molecular complexity index is 1930. The van der Waals surface area contributed by atoms with Crippen molar-refractivity contribution in [3.63, 3.8) is 0 Å². The van der Waals surface area contributed by atoms with Gasteiger partial charge in [-0.2, -0.15) is 0 Å². The van der Waals surface area contributed by atoms with Crippen LogP contribution in [0.3, 0.4) is 0 Å². The SMILES string of the molecule is Clc1ccc(-c2cccc(-c3nc(-c4ccccc4)nc(-c4cccc5c4oc4ccccc45)n3)c2)cc1. The number of furan rings is 1. The Hall–Kier alpha value is -4.80. The number of hydrogen-bond donors (Lipinski definition) is 0. The summed E-state index contributed by atoms with van der Waals surface area (Å²) in [4.78, 5) is 14.8. The van der Waals surface area contributed by atoms with E-state index in [-0.39, 0.29) is 0 Å². The second-order valence-corrected chi connectivity index (χ2v) is 9.48. The molecule has 7 rings (SSSR count). The van der Waals surface area contributed by atoms with Gasteiger partial charge in [0.05, 0.1) is 5.56 Å². The number of fused-ring (bicyclic) bond motifs is 3. The average Bonchev–Trinajstić information content (AvgIpc) is 3.37. The van der Waals surface area contributed by atoms with Gasteiger partial charge in [0.25, 0.3) is 0 Å². The summed E-state index contributed by atoms with van der Waals surface area (Å²) in [7, 11) is 0. The first kappa shape index (κ1) is 22.4. The molecular weight excluding hydrogens is 490 g/mol. The van der Waals surface area contributed by atoms with E-state index in [1.165, 1.54) is 0 Å². The highest BCUT2D eigenvalue weighted by Gasteiger charge is 2.17. The molecular formula is C33H20ClN3O. The Balaban J connectivity index is 1.44. The number of benzene rings is 5. The molecule has 0 N–H and O–H groups in total. The van der Waals surface area contributed by atoms with Crippen molar-refractivity contribution < 1.29 is 4.42 Å². The lowest BCUT2D eigenvalue weighted by atomic mass is 10.0. The lowest BCUT2D eigenvalue weighted by molar-refractivity contribution is 0.669. The predicted molar refractivity (Wildman–Crippen MR) is 154 cm³/mol. The molecule has 0 aliphatic heterocycles. The van der Waals surface area contributed by atoms with Crippen LogP contribution >= 0.6 is 11.6 Å². The van der Waals surface area contributed by atoms with Gasteiger partial charge in [0.2, 0.25) is 0 Å². The molecule has 4 nitrogen and oxygen atoms in total. The van der Waals surface area contributed by atoms with Gasteiger partial charge in [-0.15, -0.1) is 0 Å². The van der Waals surface area contributed by atoms with Crippen molar-refractivity contribution in [2.24, 2.45) is 0 Å². The van der Waals surface area contributed by atoms with Gasteiger partial charge in [-0.25, -0.2) is 15.0 Å². The monoisotopic (exact) mass is 509 g/mol. The third kappa shape index (κ3) is 4.01. The van der Waals surface area contributed by atoms with Crippen LogP contribution < -0.4 is 0 Å². The fourth-order valence-corrected chi connectivity index (χ4v) is 4.87. The van der Waals surface area contributed by atoms with Gasteiger partial charge in [0.15, 0.2) is 17.5 Å². The molecule has 0 atom stereocenters. The molecule has 0 saturated carbocycles. The van der Waals surface area contributed by atoms with E-state index in [9.17, 15) is 0 Å². The molecule has 2 heterocycles. The topological polar surface area (TPSA) is 51.8 Å². The standard InChI is InChI=1S/C33H20ClN3O/c34-25-18-16-21(17-19-25)23-10-6-11-24(20-23)32-35-31(22-8-2-1-3-9-22)36-33(37-32)28-14-7-13-27-26-12-4-5-15-29(26)38-30(27)28/h1-20H. The molecule has 0 saturated heterocycles. The van der Waals surface area contributed by atoms with E-state index in [2.05, 4.69) is 24.3 Å². The summed E-state index contributed by atoms with van der Waals surface area (Å²) in [6.07, 6.45) is 0. The van der Waals surface area contributed by atoms with E-state index in [1.54, 1.807) is 0 Å². The summed E-state index contributed by atoms with van der Waals surface area (Å²) in [6.45, 7) is 0. The molecule has 5 heteroatoms. The zero-order valence-electron chi connectivity index (χ0n) is 20.2. The molecule has 2 aromatic heterocycles. The Morgan fingerprint density at radius 2 is 1.11 bits per heavy atom. The summed E-state index contributed by atoms with van der Waals surface area (Å²) < 4.78 is 6.30. The maximum atomic E-state index is 6.30. The number of nitrogens with zero attached hydrogens (tertiary/aromatic N) is 3. The van der Waals surface area contributed by atoms with E-state index in [0.29, 0.717) is 22.5 Å². The molecule has 5 aromatic carbocycles. The fourth-order valence-electron chi connectivity index (χ4n) is 4.75. The van der Waals surface area contributed by atoms with E-state index >= 15 is 0 Å². The Labute approximate surface area is 224 Å². The molecule has 7 aromatic rings. The van der Waals surface area contributed by atoms with Crippen molar-refractivity contribution in [2.45, 2.75) is 0 Å². The van der Waals surface area contributed by atoms with E-state index < -0.39 is 0 Å². The van der Waals surface area contributed by atoms with Gasteiger partial charge >= 0.3 is 0 Å². The van der Waals surface area contributed by atoms with Crippen LogP contribution in [0, 0.1) is 0 Å². The summed E-state index contributed by atoms with van der Waals surface area (Å²) >= 11 is 6.11. The summed E-state index contributed by atoms with van der Waals surface area (Å²) in [5, 5.41) is 2.81. The van der Waals surface area contributed by atoms with Crippen LogP contribution in [0.15, 0.2) is 126 Å². The van der Waals surface area contributed by atoms with Gasteiger partial charge in [-0.1, -0.05) is 103 Å². The van der Waals surface area contributed by atoms with Crippen molar-refractivity contribution in [2.75, 3.05) is 0 Å². The minimum atomic E-state index is 0.565. The van der Waals surface area contributed by atoms with Gasteiger partial charge in [0, 0.05) is 26.9 Å². The molecule has 0 aliphatic carbocycles. The molecule has 0 unspecified atom stereocenters. The first-order chi connectivity index (χ1) is 18.7. The zero-order valence-corrected chi connectivity index (χ0v) is 20.9. The highest BCUT2D eigenvalue weighted by Crippen LogP contribution is 2.36. The second kappa shape index (κ2) is 9.25. The number of hydrogen-bond acceptors (Lipinski definition) is 4. The fraction of sp³-hybridized carbons (Fsp3) is 0. The number of para-hydroxylation sites is 2. The molecule has 0 aliphatic rings. The highest BCUT2D eigenvalue weighted by atomic mass is 35.5. The Kier molecular flexibility index (Phi) is 5.46. The maximum Gasteiger partial charge on any atom is 0.167 e. The number of rotatable bonds is 4. The molecule has 38 heavy (non-hydrogen) atoms. The second-order valence-electron chi connectivity index (χ2n) is 9.04. The van der Waals surface area contributed by atoms with Gasteiger partial charge in [-0.3, -0.25) is 0 Å². The lowest BCUT2D eigenvalue weighted by Crippen LogP contribution is -2.00. The van der Waals surface area contributed by atoms with Crippen molar-refractivity contribution in [3.8, 4) is 45.3 Å². The van der Waals surface area contributed by atoms with Gasteiger partial charge in [0.1, 0.15) is 11.2 Å². The van der Waals surface area contributed by atoms with Crippen molar-refractivity contribution in [1.82, 2.24) is 15.0 Å². The van der Waals surface area contributed by atoms with Crippen LogP contribution in [0.1, 0.15) is 0 Å². The number of halogens is 1. The van der Waals surface area contributed by atoms with Crippen molar-refractivity contribution in [3.05, 3.63) is 126 Å². The van der Waals surface area contributed by atoms with Gasteiger partial charge in [-0.05, 0) is 41.5 Å². The minimum absolute atomic E-state index is 0.565. The van der Waals surface area contributed by atoms with Crippen LogP contribution in [0.4, 0.5) is 0 Å². The van der Waals surface area contributed by atoms with Crippen molar-refractivity contribution in [1.29, 1.82) is 0 Å². The molecule has 0 amide bonds. The Morgan fingerprint density at radius 1 is 0.474 bits per heavy atom. The van der Waals surface area contributed by atoms with Crippen LogP contribution in [0.5, 0.6) is 0 Å². The quantitative estimate of drug-likeness (QED) is 0.237. The third-order valence-electron chi connectivity index (χ3n) is 6.61. The summed E-state index contributed by atoms with van der Waals surface area (Å²) in [6, 6.07) is 40.1. The van der Waals surface area contributed by atoms with Crippen molar-refractivity contribution >= 4 is 33.5 Å². The zero-order chi connectivity index (χ0) is 25.5. The first-order valence-electron chi connectivity index (χ1n) is 12.3. The molecule has 180 valence electrons. The summed E-state index contributed by atoms with van der Waals surface area (Å²) in [5.41, 5.74) is 6.37. The van der Waals surface area contributed by atoms with Crippen LogP contribution in [-0.2, 0) is 0 Å². The van der Waals surface area contributed by atoms with Crippen LogP contribution in [0.2, 0.25) is 5.02 Å². The molecule has 0 radical (unpaired) electrons.